The van der Waals surface area contributed by atoms with Crippen molar-refractivity contribution in [2.75, 3.05) is 32.7 Å². The minimum Gasteiger partial charge on any atom is -0.342 e. The molecule has 3 fully saturated rings. The molecule has 0 bridgehead atoms. The van der Waals surface area contributed by atoms with Gasteiger partial charge < -0.3 is 14.7 Å². The zero-order chi connectivity index (χ0) is 20.4. The quantitative estimate of drug-likeness (QED) is 0.787. The van der Waals surface area contributed by atoms with Gasteiger partial charge in [-0.3, -0.25) is 14.4 Å². The van der Waals surface area contributed by atoms with Crippen LogP contribution < -0.4 is 0 Å². The Labute approximate surface area is 172 Å². The molecule has 0 saturated carbocycles. The summed E-state index contributed by atoms with van der Waals surface area (Å²) in [6.07, 6.45) is 5.09. The van der Waals surface area contributed by atoms with Gasteiger partial charge in [-0.25, -0.2) is 0 Å². The fourth-order valence-corrected chi connectivity index (χ4v) is 5.06. The number of nitrogens with zero attached hydrogens (tertiary/aromatic N) is 3. The third-order valence-electron chi connectivity index (χ3n) is 6.76. The summed E-state index contributed by atoms with van der Waals surface area (Å²) in [5.41, 5.74) is 1.71. The first-order valence-electron chi connectivity index (χ1n) is 11.0. The molecule has 3 saturated heterocycles. The van der Waals surface area contributed by atoms with E-state index in [2.05, 4.69) is 0 Å². The van der Waals surface area contributed by atoms with Crippen LogP contribution in [-0.4, -0.2) is 71.2 Å². The van der Waals surface area contributed by atoms with E-state index in [4.69, 9.17) is 0 Å². The predicted octanol–water partition coefficient (Wildman–Crippen LogP) is 2.46. The Morgan fingerprint density at radius 1 is 0.931 bits per heavy atom. The number of amides is 3. The summed E-state index contributed by atoms with van der Waals surface area (Å²) in [6.45, 7) is 5.49. The van der Waals surface area contributed by atoms with Gasteiger partial charge in [0.2, 0.25) is 11.8 Å². The monoisotopic (exact) mass is 397 g/mol. The highest BCUT2D eigenvalue weighted by atomic mass is 16.2. The van der Waals surface area contributed by atoms with Gasteiger partial charge in [0.15, 0.2) is 0 Å². The van der Waals surface area contributed by atoms with E-state index in [1.165, 1.54) is 0 Å². The molecule has 0 spiro atoms. The second-order valence-corrected chi connectivity index (χ2v) is 8.65. The second kappa shape index (κ2) is 8.56. The van der Waals surface area contributed by atoms with Crippen LogP contribution in [0, 0.1) is 12.8 Å². The minimum absolute atomic E-state index is 0.0341. The molecule has 6 heteroatoms. The van der Waals surface area contributed by atoms with Crippen molar-refractivity contribution in [2.24, 2.45) is 5.92 Å². The van der Waals surface area contributed by atoms with E-state index in [9.17, 15) is 14.4 Å². The summed E-state index contributed by atoms with van der Waals surface area (Å²) < 4.78 is 0. The summed E-state index contributed by atoms with van der Waals surface area (Å²) in [4.78, 5) is 43.9. The highest BCUT2D eigenvalue weighted by Gasteiger charge is 2.36. The van der Waals surface area contributed by atoms with E-state index < -0.39 is 0 Å². The summed E-state index contributed by atoms with van der Waals surface area (Å²) in [5, 5.41) is 0. The van der Waals surface area contributed by atoms with Crippen LogP contribution in [-0.2, 0) is 9.59 Å². The molecule has 1 aromatic rings. The summed E-state index contributed by atoms with van der Waals surface area (Å²) in [6, 6.07) is 7.94. The van der Waals surface area contributed by atoms with Crippen LogP contribution in [0.5, 0.6) is 0 Å². The lowest BCUT2D eigenvalue weighted by atomic mass is 9.94. The zero-order valence-corrected chi connectivity index (χ0v) is 17.3. The summed E-state index contributed by atoms with van der Waals surface area (Å²) in [7, 11) is 0. The maximum atomic E-state index is 13.1. The summed E-state index contributed by atoms with van der Waals surface area (Å²) >= 11 is 0. The van der Waals surface area contributed by atoms with Gasteiger partial charge in [0.05, 0.1) is 5.92 Å². The second-order valence-electron chi connectivity index (χ2n) is 8.65. The third-order valence-corrected chi connectivity index (χ3v) is 6.76. The molecule has 3 amide bonds. The standard InChI is InChI=1S/C23H31N3O3/c1-17-6-2-3-8-20(17)23(29)25-12-4-7-18(16-25)22(28)24-14-10-19(11-15-24)26-13-5-9-21(26)27/h2-3,6,8,18-19H,4-5,7,9-16H2,1H3. The normalized spacial score (nSPS) is 23.6. The molecule has 156 valence electrons. The first-order valence-corrected chi connectivity index (χ1v) is 11.0. The van der Waals surface area contributed by atoms with Gasteiger partial charge in [-0.2, -0.15) is 0 Å². The van der Waals surface area contributed by atoms with Gasteiger partial charge in [0.25, 0.3) is 5.91 Å². The number of carbonyl (C=O) groups excluding carboxylic acids is 3. The van der Waals surface area contributed by atoms with Crippen molar-refractivity contribution in [2.45, 2.75) is 51.5 Å². The van der Waals surface area contributed by atoms with Crippen LogP contribution in [0.2, 0.25) is 0 Å². The van der Waals surface area contributed by atoms with Crippen LogP contribution >= 0.6 is 0 Å². The molecule has 1 aromatic carbocycles. The lowest BCUT2D eigenvalue weighted by Crippen LogP contribution is -2.51. The Hall–Kier alpha value is -2.37. The fourth-order valence-electron chi connectivity index (χ4n) is 5.06. The lowest BCUT2D eigenvalue weighted by molar-refractivity contribution is -0.139. The van der Waals surface area contributed by atoms with Gasteiger partial charge in [-0.1, -0.05) is 18.2 Å². The predicted molar refractivity (Wildman–Crippen MR) is 110 cm³/mol. The number of piperidine rings is 2. The smallest absolute Gasteiger partial charge is 0.254 e. The Morgan fingerprint density at radius 2 is 1.69 bits per heavy atom. The van der Waals surface area contributed by atoms with Crippen LogP contribution in [0.3, 0.4) is 0 Å². The molecule has 3 aliphatic heterocycles. The Morgan fingerprint density at radius 3 is 2.38 bits per heavy atom. The number of aryl methyl sites for hydroxylation is 1. The van der Waals surface area contributed by atoms with Gasteiger partial charge in [-0.15, -0.1) is 0 Å². The lowest BCUT2D eigenvalue weighted by Gasteiger charge is -2.40. The molecule has 0 aromatic heterocycles. The fraction of sp³-hybridized carbons (Fsp3) is 0.609. The molecular formula is C23H31N3O3. The molecule has 0 N–H and O–H groups in total. The molecule has 3 heterocycles. The topological polar surface area (TPSA) is 60.9 Å². The molecule has 6 nitrogen and oxygen atoms in total. The number of likely N-dealkylation sites (tertiary alicyclic amines) is 3. The van der Waals surface area contributed by atoms with Crippen molar-refractivity contribution in [1.29, 1.82) is 0 Å². The summed E-state index contributed by atoms with van der Waals surface area (Å²) in [5.74, 6) is 0.374. The maximum absolute atomic E-state index is 13.1. The molecule has 0 radical (unpaired) electrons. The van der Waals surface area contributed by atoms with Gasteiger partial charge >= 0.3 is 0 Å². The van der Waals surface area contributed by atoms with Crippen molar-refractivity contribution < 1.29 is 14.4 Å². The van der Waals surface area contributed by atoms with Crippen molar-refractivity contribution >= 4 is 17.7 Å². The maximum Gasteiger partial charge on any atom is 0.254 e. The van der Waals surface area contributed by atoms with E-state index in [-0.39, 0.29) is 23.6 Å². The largest absolute Gasteiger partial charge is 0.342 e. The Bertz CT molecular complexity index is 785. The number of hydrogen-bond acceptors (Lipinski definition) is 3. The first kappa shape index (κ1) is 19.9. The van der Waals surface area contributed by atoms with Crippen molar-refractivity contribution in [3.8, 4) is 0 Å². The van der Waals surface area contributed by atoms with Crippen LogP contribution in [0.1, 0.15) is 54.4 Å². The van der Waals surface area contributed by atoms with Crippen molar-refractivity contribution in [3.05, 3.63) is 35.4 Å². The highest BCUT2D eigenvalue weighted by Crippen LogP contribution is 2.26. The van der Waals surface area contributed by atoms with E-state index in [1.807, 2.05) is 45.9 Å². The molecule has 3 aliphatic rings. The molecular weight excluding hydrogens is 366 g/mol. The Balaban J connectivity index is 1.34. The van der Waals surface area contributed by atoms with Crippen molar-refractivity contribution in [1.82, 2.24) is 14.7 Å². The number of benzene rings is 1. The Kier molecular flexibility index (Phi) is 5.88. The number of hydrogen-bond donors (Lipinski definition) is 0. The third kappa shape index (κ3) is 4.16. The zero-order valence-electron chi connectivity index (χ0n) is 17.3. The number of carbonyl (C=O) groups is 3. The van der Waals surface area contributed by atoms with Crippen LogP contribution in [0.4, 0.5) is 0 Å². The van der Waals surface area contributed by atoms with Gasteiger partial charge in [-0.05, 0) is 50.7 Å². The van der Waals surface area contributed by atoms with Crippen LogP contribution in [0.25, 0.3) is 0 Å². The average molecular weight is 398 g/mol. The van der Waals surface area contributed by atoms with E-state index >= 15 is 0 Å². The molecule has 0 aliphatic carbocycles. The number of rotatable bonds is 3. The average Bonchev–Trinajstić information content (AvgIpc) is 3.19. The minimum atomic E-state index is -0.110. The first-order chi connectivity index (χ1) is 14.0. The van der Waals surface area contributed by atoms with Crippen molar-refractivity contribution in [3.63, 3.8) is 0 Å². The molecule has 1 atom stereocenters. The van der Waals surface area contributed by atoms with E-state index in [1.54, 1.807) is 0 Å². The van der Waals surface area contributed by atoms with Crippen LogP contribution in [0.15, 0.2) is 24.3 Å². The van der Waals surface area contributed by atoms with Gasteiger partial charge in [0, 0.05) is 50.7 Å². The SMILES string of the molecule is Cc1ccccc1C(=O)N1CCCC(C(=O)N2CCC(N3CCCC3=O)CC2)C1. The van der Waals surface area contributed by atoms with E-state index in [0.29, 0.717) is 19.0 Å². The van der Waals surface area contributed by atoms with Gasteiger partial charge in [0.1, 0.15) is 0 Å². The highest BCUT2D eigenvalue weighted by molar-refractivity contribution is 5.96. The molecule has 1 unspecified atom stereocenters. The van der Waals surface area contributed by atoms with E-state index in [0.717, 1.165) is 69.4 Å². The molecule has 29 heavy (non-hydrogen) atoms. The molecule has 4 rings (SSSR count).